The molecular formula is C16H14ClN3O2S. The van der Waals surface area contributed by atoms with E-state index in [-0.39, 0.29) is 12.5 Å². The largest absolute Gasteiger partial charge is 0.387 e. The average molecular weight is 348 g/mol. The number of nitrogens with one attached hydrogen (secondary N) is 1. The molecule has 2 N–H and O–H groups in total. The zero-order valence-electron chi connectivity index (χ0n) is 12.0. The number of carbonyl (C=O) groups is 1. The van der Waals surface area contributed by atoms with Gasteiger partial charge in [-0.25, -0.2) is 4.68 Å². The van der Waals surface area contributed by atoms with Crippen molar-refractivity contribution in [2.75, 3.05) is 6.54 Å². The van der Waals surface area contributed by atoms with E-state index >= 15 is 0 Å². The molecule has 7 heteroatoms. The summed E-state index contributed by atoms with van der Waals surface area (Å²) in [5.41, 5.74) is 1.90. The molecule has 0 aliphatic carbocycles. The minimum Gasteiger partial charge on any atom is -0.387 e. The van der Waals surface area contributed by atoms with Crippen molar-refractivity contribution in [3.8, 4) is 5.69 Å². The monoisotopic (exact) mass is 347 g/mol. The molecule has 3 aromatic rings. The van der Waals surface area contributed by atoms with Gasteiger partial charge >= 0.3 is 0 Å². The molecule has 2 heterocycles. The van der Waals surface area contributed by atoms with Gasteiger partial charge in [0.1, 0.15) is 0 Å². The van der Waals surface area contributed by atoms with Crippen LogP contribution >= 0.6 is 22.9 Å². The van der Waals surface area contributed by atoms with Crippen molar-refractivity contribution in [1.29, 1.82) is 0 Å². The molecule has 1 unspecified atom stereocenters. The molecule has 1 amide bonds. The van der Waals surface area contributed by atoms with Gasteiger partial charge < -0.3 is 10.4 Å². The molecule has 0 fully saturated rings. The van der Waals surface area contributed by atoms with E-state index in [0.29, 0.717) is 16.3 Å². The first-order valence-corrected chi connectivity index (χ1v) is 8.25. The standard InChI is InChI=1S/C16H14ClN3O2S/c17-13-3-1-2-4-14(13)20-9-12(7-19-20)16(22)18-8-15(21)11-5-6-23-10-11/h1-7,9-10,15,21H,8H2,(H,18,22). The van der Waals surface area contributed by atoms with E-state index in [4.69, 9.17) is 11.6 Å². The van der Waals surface area contributed by atoms with Crippen LogP contribution in [0.25, 0.3) is 5.69 Å². The molecule has 2 aromatic heterocycles. The van der Waals surface area contributed by atoms with E-state index in [2.05, 4.69) is 10.4 Å². The predicted octanol–water partition coefficient (Wildman–Crippen LogP) is 3.05. The maximum absolute atomic E-state index is 12.1. The lowest BCUT2D eigenvalue weighted by Crippen LogP contribution is -2.27. The van der Waals surface area contributed by atoms with Gasteiger partial charge in [0.15, 0.2) is 0 Å². The number of aromatic nitrogens is 2. The Bertz CT molecular complexity index is 801. The number of halogens is 1. The number of nitrogens with zero attached hydrogens (tertiary/aromatic N) is 2. The van der Waals surface area contributed by atoms with Crippen LogP contribution in [0.2, 0.25) is 5.02 Å². The maximum Gasteiger partial charge on any atom is 0.254 e. The lowest BCUT2D eigenvalue weighted by Gasteiger charge is -2.09. The van der Waals surface area contributed by atoms with E-state index < -0.39 is 6.10 Å². The smallest absolute Gasteiger partial charge is 0.254 e. The second kappa shape index (κ2) is 6.95. The van der Waals surface area contributed by atoms with Crippen LogP contribution < -0.4 is 5.32 Å². The van der Waals surface area contributed by atoms with E-state index in [1.54, 1.807) is 16.9 Å². The Morgan fingerprint density at radius 2 is 2.22 bits per heavy atom. The number of aliphatic hydroxyl groups is 1. The van der Waals surface area contributed by atoms with Crippen LogP contribution in [-0.2, 0) is 0 Å². The van der Waals surface area contributed by atoms with Crippen molar-refractivity contribution in [3.63, 3.8) is 0 Å². The van der Waals surface area contributed by atoms with Gasteiger partial charge in [-0.05, 0) is 34.5 Å². The quantitative estimate of drug-likeness (QED) is 0.745. The highest BCUT2D eigenvalue weighted by Gasteiger charge is 2.13. The predicted molar refractivity (Wildman–Crippen MR) is 90.2 cm³/mol. The summed E-state index contributed by atoms with van der Waals surface area (Å²) in [6, 6.07) is 9.08. The molecular weight excluding hydrogens is 334 g/mol. The minimum atomic E-state index is -0.719. The Morgan fingerprint density at radius 3 is 2.96 bits per heavy atom. The van der Waals surface area contributed by atoms with E-state index in [1.807, 2.05) is 35.0 Å². The summed E-state index contributed by atoms with van der Waals surface area (Å²) < 4.78 is 1.55. The molecule has 0 radical (unpaired) electrons. The second-order valence-electron chi connectivity index (χ2n) is 4.91. The third-order valence-electron chi connectivity index (χ3n) is 3.33. The van der Waals surface area contributed by atoms with E-state index in [1.165, 1.54) is 17.5 Å². The van der Waals surface area contributed by atoms with Crippen molar-refractivity contribution in [2.45, 2.75) is 6.10 Å². The first kappa shape index (κ1) is 15.7. The van der Waals surface area contributed by atoms with Crippen molar-refractivity contribution in [3.05, 3.63) is 69.6 Å². The van der Waals surface area contributed by atoms with Crippen molar-refractivity contribution in [1.82, 2.24) is 15.1 Å². The molecule has 23 heavy (non-hydrogen) atoms. The van der Waals surface area contributed by atoms with Crippen LogP contribution in [0.3, 0.4) is 0 Å². The number of hydrogen-bond acceptors (Lipinski definition) is 4. The summed E-state index contributed by atoms with van der Waals surface area (Å²) >= 11 is 7.62. The third kappa shape index (κ3) is 3.61. The number of hydrogen-bond donors (Lipinski definition) is 2. The fraction of sp³-hybridized carbons (Fsp3) is 0.125. The van der Waals surface area contributed by atoms with Crippen LogP contribution in [0.15, 0.2) is 53.5 Å². The molecule has 0 aliphatic rings. The second-order valence-corrected chi connectivity index (χ2v) is 6.09. The number of thiophene rings is 1. The van der Waals surface area contributed by atoms with Crippen molar-refractivity contribution in [2.24, 2.45) is 0 Å². The van der Waals surface area contributed by atoms with Gasteiger partial charge in [-0.1, -0.05) is 23.7 Å². The Hall–Kier alpha value is -2.15. The zero-order chi connectivity index (χ0) is 16.2. The number of aliphatic hydroxyl groups excluding tert-OH is 1. The van der Waals surface area contributed by atoms with Gasteiger partial charge in [-0.15, -0.1) is 0 Å². The van der Waals surface area contributed by atoms with Gasteiger partial charge in [0, 0.05) is 12.7 Å². The highest BCUT2D eigenvalue weighted by Crippen LogP contribution is 2.19. The highest BCUT2D eigenvalue weighted by atomic mass is 35.5. The average Bonchev–Trinajstić information content (AvgIpc) is 3.24. The topological polar surface area (TPSA) is 67.2 Å². The molecule has 0 saturated heterocycles. The van der Waals surface area contributed by atoms with Gasteiger partial charge in [0.05, 0.1) is 28.6 Å². The molecule has 1 atom stereocenters. The van der Waals surface area contributed by atoms with Crippen LogP contribution in [0.1, 0.15) is 22.0 Å². The third-order valence-corrected chi connectivity index (χ3v) is 4.35. The summed E-state index contributed by atoms with van der Waals surface area (Å²) in [6.07, 6.45) is 2.35. The first-order valence-electron chi connectivity index (χ1n) is 6.93. The number of amides is 1. The minimum absolute atomic E-state index is 0.146. The molecule has 5 nitrogen and oxygen atoms in total. The summed E-state index contributed by atoms with van der Waals surface area (Å²) in [5, 5.41) is 21.1. The highest BCUT2D eigenvalue weighted by molar-refractivity contribution is 7.07. The molecule has 0 spiro atoms. The molecule has 0 saturated carbocycles. The van der Waals surface area contributed by atoms with Gasteiger partial charge in [-0.3, -0.25) is 4.79 Å². The van der Waals surface area contributed by atoms with Crippen molar-refractivity contribution >= 4 is 28.8 Å². The van der Waals surface area contributed by atoms with Crippen LogP contribution in [-0.4, -0.2) is 27.3 Å². The number of para-hydroxylation sites is 1. The number of carbonyl (C=O) groups excluding carboxylic acids is 1. The van der Waals surface area contributed by atoms with Crippen molar-refractivity contribution < 1.29 is 9.90 Å². The summed E-state index contributed by atoms with van der Waals surface area (Å²) in [4.78, 5) is 12.1. The molecule has 0 bridgehead atoms. The van der Waals surface area contributed by atoms with Crippen LogP contribution in [0.4, 0.5) is 0 Å². The SMILES string of the molecule is O=C(NCC(O)c1ccsc1)c1cnn(-c2ccccc2Cl)c1. The maximum atomic E-state index is 12.1. The Morgan fingerprint density at radius 1 is 1.39 bits per heavy atom. The normalized spacial score (nSPS) is 12.1. The Kier molecular flexibility index (Phi) is 4.76. The molecule has 3 rings (SSSR count). The number of benzene rings is 1. The fourth-order valence-electron chi connectivity index (χ4n) is 2.08. The van der Waals surface area contributed by atoms with Gasteiger partial charge in [0.25, 0.3) is 5.91 Å². The first-order chi connectivity index (χ1) is 11.1. The Labute approximate surface area is 142 Å². The lowest BCUT2D eigenvalue weighted by molar-refractivity contribution is 0.0916. The zero-order valence-corrected chi connectivity index (χ0v) is 13.6. The van der Waals surface area contributed by atoms with Crippen LogP contribution in [0.5, 0.6) is 0 Å². The Balaban J connectivity index is 1.66. The molecule has 1 aromatic carbocycles. The van der Waals surface area contributed by atoms with Gasteiger partial charge in [-0.2, -0.15) is 16.4 Å². The lowest BCUT2D eigenvalue weighted by atomic mass is 10.2. The number of rotatable bonds is 5. The van der Waals surface area contributed by atoms with E-state index in [0.717, 1.165) is 5.56 Å². The summed E-state index contributed by atoms with van der Waals surface area (Å²) in [6.45, 7) is 0.146. The van der Waals surface area contributed by atoms with E-state index in [9.17, 15) is 9.90 Å². The summed E-state index contributed by atoms with van der Waals surface area (Å²) in [5.74, 6) is -0.294. The van der Waals surface area contributed by atoms with Gasteiger partial charge in [0.2, 0.25) is 0 Å². The molecule has 118 valence electrons. The molecule has 0 aliphatic heterocycles. The summed E-state index contributed by atoms with van der Waals surface area (Å²) in [7, 11) is 0. The van der Waals surface area contributed by atoms with Crippen LogP contribution in [0, 0.1) is 0 Å². The fourth-order valence-corrected chi connectivity index (χ4v) is 3.01.